The van der Waals surface area contributed by atoms with Crippen LogP contribution in [0.3, 0.4) is 0 Å². The van der Waals surface area contributed by atoms with Crippen LogP contribution in [0.25, 0.3) is 0 Å². The Hall–Kier alpha value is -3.05. The van der Waals surface area contributed by atoms with Gasteiger partial charge in [-0.15, -0.1) is 0 Å². The van der Waals surface area contributed by atoms with E-state index in [2.05, 4.69) is 19.2 Å². The van der Waals surface area contributed by atoms with Crippen molar-refractivity contribution < 1.29 is 48.7 Å². The summed E-state index contributed by atoms with van der Waals surface area (Å²) in [6, 6.07) is 5.71. The van der Waals surface area contributed by atoms with Gasteiger partial charge >= 0.3 is 18.0 Å². The number of aliphatic hydroxyl groups is 1. The molecule has 0 spiro atoms. The van der Waals surface area contributed by atoms with Crippen LogP contribution in [0.1, 0.15) is 85.6 Å². The molecule has 0 aromatic heterocycles. The standard InChI is InChI=1S/C31H51NO10/c1-21(2)23(12-13-24(33)20-31(6,28(36)37)32-29(38)42-30(3,4)5)18-22-11-14-25(40-16-8-10-27(34)35)26(19-22)41-17-9-15-39-7/h11,14,19,21,23-24,33H,8-10,12-13,15-18,20H2,1-7H3,(H,32,38)(H,34,35)(H,36,37)/t23-,24-,31+/m0/s1. The van der Waals surface area contributed by atoms with Gasteiger partial charge in [-0.1, -0.05) is 19.9 Å². The van der Waals surface area contributed by atoms with Crippen LogP contribution in [-0.4, -0.2) is 77.5 Å². The number of carboxylic acid groups (broad SMARTS) is 2. The Labute approximate surface area is 249 Å². The summed E-state index contributed by atoms with van der Waals surface area (Å²) in [4.78, 5) is 35.0. The minimum absolute atomic E-state index is 0.0206. The Morgan fingerprint density at radius 1 is 0.929 bits per heavy atom. The number of benzene rings is 1. The zero-order valence-corrected chi connectivity index (χ0v) is 26.2. The normalized spacial score (nSPS) is 14.5. The molecule has 0 fully saturated rings. The quantitative estimate of drug-likeness (QED) is 0.150. The van der Waals surface area contributed by atoms with Gasteiger partial charge in [-0.25, -0.2) is 9.59 Å². The molecular formula is C31H51NO10. The fourth-order valence-corrected chi connectivity index (χ4v) is 4.38. The molecule has 1 rings (SSSR count). The molecule has 42 heavy (non-hydrogen) atoms. The van der Waals surface area contributed by atoms with Gasteiger partial charge in [0.05, 0.1) is 19.3 Å². The maximum Gasteiger partial charge on any atom is 0.408 e. The number of hydrogen-bond donors (Lipinski definition) is 4. The monoisotopic (exact) mass is 597 g/mol. The summed E-state index contributed by atoms with van der Waals surface area (Å²) in [7, 11) is 1.63. The van der Waals surface area contributed by atoms with Crippen LogP contribution in [-0.2, 0) is 25.5 Å². The van der Waals surface area contributed by atoms with Crippen molar-refractivity contribution in [3.05, 3.63) is 23.8 Å². The topological polar surface area (TPSA) is 161 Å². The van der Waals surface area contributed by atoms with Crippen LogP contribution in [0.4, 0.5) is 4.79 Å². The number of carbonyl (C=O) groups excluding carboxylic acids is 1. The van der Waals surface area contributed by atoms with Crippen LogP contribution >= 0.6 is 0 Å². The van der Waals surface area contributed by atoms with Crippen LogP contribution < -0.4 is 14.8 Å². The summed E-state index contributed by atoms with van der Waals surface area (Å²) < 4.78 is 22.1. The molecule has 0 radical (unpaired) electrons. The largest absolute Gasteiger partial charge is 0.490 e. The van der Waals surface area contributed by atoms with Crippen molar-refractivity contribution in [1.82, 2.24) is 5.32 Å². The van der Waals surface area contributed by atoms with E-state index in [0.717, 1.165) is 5.56 Å². The fraction of sp³-hybridized carbons (Fsp3) is 0.710. The van der Waals surface area contributed by atoms with Crippen molar-refractivity contribution >= 4 is 18.0 Å². The van der Waals surface area contributed by atoms with Crippen molar-refractivity contribution in [1.29, 1.82) is 0 Å². The number of aliphatic carboxylic acids is 2. The highest BCUT2D eigenvalue weighted by molar-refractivity contribution is 5.84. The maximum atomic E-state index is 12.2. The fourth-order valence-electron chi connectivity index (χ4n) is 4.38. The van der Waals surface area contributed by atoms with E-state index in [1.54, 1.807) is 27.9 Å². The molecule has 0 aliphatic rings. The van der Waals surface area contributed by atoms with Gasteiger partial charge in [0, 0.05) is 33.0 Å². The average Bonchev–Trinajstić information content (AvgIpc) is 2.86. The summed E-state index contributed by atoms with van der Waals surface area (Å²) in [6.07, 6.45) is 0.816. The predicted octanol–water partition coefficient (Wildman–Crippen LogP) is 5.06. The first kappa shape index (κ1) is 37.0. The molecule has 0 bridgehead atoms. The second-order valence-electron chi connectivity index (χ2n) is 12.2. The molecule has 1 amide bonds. The van der Waals surface area contributed by atoms with Gasteiger partial charge in [0.25, 0.3) is 0 Å². The molecule has 11 nitrogen and oxygen atoms in total. The van der Waals surface area contributed by atoms with Crippen molar-refractivity contribution in [3.8, 4) is 11.5 Å². The molecular weight excluding hydrogens is 546 g/mol. The Balaban J connectivity index is 2.90. The third-order valence-electron chi connectivity index (χ3n) is 6.76. The Bertz CT molecular complexity index is 990. The highest BCUT2D eigenvalue weighted by Crippen LogP contribution is 2.32. The number of rotatable bonds is 20. The number of methoxy groups -OCH3 is 1. The molecule has 0 saturated heterocycles. The molecule has 0 heterocycles. The van der Waals surface area contributed by atoms with Gasteiger partial charge in [0.1, 0.15) is 11.1 Å². The third kappa shape index (κ3) is 14.7. The second kappa shape index (κ2) is 17.8. The van der Waals surface area contributed by atoms with Gasteiger partial charge in [0.15, 0.2) is 11.5 Å². The molecule has 0 aliphatic heterocycles. The lowest BCUT2D eigenvalue weighted by Gasteiger charge is -2.31. The molecule has 0 saturated carbocycles. The molecule has 3 atom stereocenters. The minimum atomic E-state index is -1.69. The molecule has 1 aromatic carbocycles. The van der Waals surface area contributed by atoms with E-state index in [1.807, 2.05) is 18.2 Å². The van der Waals surface area contributed by atoms with Gasteiger partial charge in [-0.05, 0) is 82.9 Å². The molecule has 0 aliphatic carbocycles. The van der Waals surface area contributed by atoms with Crippen molar-refractivity contribution in [2.75, 3.05) is 26.9 Å². The first-order chi connectivity index (χ1) is 19.6. The molecule has 11 heteroatoms. The van der Waals surface area contributed by atoms with E-state index < -0.39 is 35.3 Å². The first-order valence-electron chi connectivity index (χ1n) is 14.6. The first-order valence-corrected chi connectivity index (χ1v) is 14.6. The SMILES string of the molecule is COCCCOc1cc(C[C@H](CC[C@H](O)C[C@@](C)(NC(=O)OC(C)(C)C)C(=O)O)C(C)C)ccc1OCCCC(=O)O. The van der Waals surface area contributed by atoms with Crippen molar-refractivity contribution in [3.63, 3.8) is 0 Å². The average molecular weight is 598 g/mol. The molecule has 240 valence electrons. The number of carboxylic acids is 2. The summed E-state index contributed by atoms with van der Waals surface area (Å²) in [6.45, 7) is 11.9. The Kier molecular flexibility index (Phi) is 15.7. The Morgan fingerprint density at radius 3 is 2.14 bits per heavy atom. The third-order valence-corrected chi connectivity index (χ3v) is 6.76. The number of aliphatic hydroxyl groups excluding tert-OH is 1. The van der Waals surface area contributed by atoms with E-state index in [-0.39, 0.29) is 31.3 Å². The van der Waals surface area contributed by atoms with Crippen LogP contribution in [0.2, 0.25) is 0 Å². The van der Waals surface area contributed by atoms with E-state index in [0.29, 0.717) is 56.8 Å². The number of carbonyl (C=O) groups is 3. The summed E-state index contributed by atoms with van der Waals surface area (Å²) >= 11 is 0. The lowest BCUT2D eigenvalue weighted by atomic mass is 9.83. The van der Waals surface area contributed by atoms with E-state index in [9.17, 15) is 24.6 Å². The predicted molar refractivity (Wildman–Crippen MR) is 158 cm³/mol. The summed E-state index contributed by atoms with van der Waals surface area (Å²) in [5, 5.41) is 31.9. The highest BCUT2D eigenvalue weighted by atomic mass is 16.6. The smallest absolute Gasteiger partial charge is 0.408 e. The van der Waals surface area contributed by atoms with Gasteiger partial charge < -0.3 is 39.6 Å². The maximum absolute atomic E-state index is 12.2. The van der Waals surface area contributed by atoms with Crippen LogP contribution in [0, 0.1) is 11.8 Å². The lowest BCUT2D eigenvalue weighted by Crippen LogP contribution is -2.55. The number of hydrogen-bond acceptors (Lipinski definition) is 8. The number of alkyl carbamates (subject to hydrolysis) is 1. The molecule has 0 unspecified atom stereocenters. The second-order valence-corrected chi connectivity index (χ2v) is 12.2. The van der Waals surface area contributed by atoms with Crippen molar-refractivity contribution in [2.45, 2.75) is 104 Å². The number of ether oxygens (including phenoxy) is 4. The molecule has 4 N–H and O–H groups in total. The molecule has 1 aromatic rings. The zero-order valence-electron chi connectivity index (χ0n) is 26.2. The van der Waals surface area contributed by atoms with Gasteiger partial charge in [-0.3, -0.25) is 4.79 Å². The van der Waals surface area contributed by atoms with E-state index in [1.165, 1.54) is 6.92 Å². The zero-order chi connectivity index (χ0) is 31.9. The van der Waals surface area contributed by atoms with Crippen molar-refractivity contribution in [2.24, 2.45) is 11.8 Å². The van der Waals surface area contributed by atoms with E-state index in [4.69, 9.17) is 24.1 Å². The summed E-state index contributed by atoms with van der Waals surface area (Å²) in [5.74, 6) is -0.549. The van der Waals surface area contributed by atoms with E-state index >= 15 is 0 Å². The van der Waals surface area contributed by atoms with Crippen LogP contribution in [0.15, 0.2) is 18.2 Å². The number of nitrogens with one attached hydrogen (secondary N) is 1. The van der Waals surface area contributed by atoms with Gasteiger partial charge in [-0.2, -0.15) is 0 Å². The highest BCUT2D eigenvalue weighted by Gasteiger charge is 2.38. The minimum Gasteiger partial charge on any atom is -0.490 e. The lowest BCUT2D eigenvalue weighted by molar-refractivity contribution is -0.145. The van der Waals surface area contributed by atoms with Crippen LogP contribution in [0.5, 0.6) is 11.5 Å². The van der Waals surface area contributed by atoms with Gasteiger partial charge in [0.2, 0.25) is 0 Å². The number of amides is 1. The Morgan fingerprint density at radius 2 is 1.57 bits per heavy atom. The summed E-state index contributed by atoms with van der Waals surface area (Å²) in [5.41, 5.74) is -1.46.